The summed E-state index contributed by atoms with van der Waals surface area (Å²) in [5.41, 5.74) is 4.30. The Kier molecular flexibility index (Phi) is 5.63. The fraction of sp³-hybridized carbons (Fsp3) is 0.176. The molecule has 0 aromatic heterocycles. The van der Waals surface area contributed by atoms with Crippen LogP contribution < -0.4 is 16.2 Å². The molecule has 0 radical (unpaired) electrons. The lowest BCUT2D eigenvalue weighted by Gasteiger charge is -2.16. The van der Waals surface area contributed by atoms with Crippen molar-refractivity contribution < 1.29 is 22.8 Å². The number of benzene rings is 2. The van der Waals surface area contributed by atoms with Crippen LogP contribution >= 0.6 is 0 Å². The SMILES string of the molecule is CC(NC(=O)c1ccccc1)C(=O)NNc1cccc(C(F)(F)F)c1. The van der Waals surface area contributed by atoms with Gasteiger partial charge in [0.25, 0.3) is 11.8 Å². The van der Waals surface area contributed by atoms with Crippen molar-refractivity contribution in [1.29, 1.82) is 0 Å². The lowest BCUT2D eigenvalue weighted by molar-refractivity contribution is -0.137. The van der Waals surface area contributed by atoms with Crippen molar-refractivity contribution in [2.75, 3.05) is 5.43 Å². The number of anilines is 1. The topological polar surface area (TPSA) is 70.2 Å². The summed E-state index contributed by atoms with van der Waals surface area (Å²) in [6.07, 6.45) is -4.47. The Morgan fingerprint density at radius 1 is 1.00 bits per heavy atom. The molecule has 0 aliphatic rings. The van der Waals surface area contributed by atoms with E-state index >= 15 is 0 Å². The molecule has 0 aliphatic heterocycles. The first kappa shape index (κ1) is 18.3. The van der Waals surface area contributed by atoms with Gasteiger partial charge >= 0.3 is 6.18 Å². The van der Waals surface area contributed by atoms with Crippen LogP contribution in [0.3, 0.4) is 0 Å². The number of hydrogen-bond acceptors (Lipinski definition) is 3. The van der Waals surface area contributed by atoms with E-state index in [1.54, 1.807) is 30.3 Å². The van der Waals surface area contributed by atoms with Crippen LogP contribution in [0.4, 0.5) is 18.9 Å². The van der Waals surface area contributed by atoms with Gasteiger partial charge in [0.1, 0.15) is 6.04 Å². The Bertz CT molecular complexity index is 748. The van der Waals surface area contributed by atoms with Crippen LogP contribution in [-0.2, 0) is 11.0 Å². The van der Waals surface area contributed by atoms with Gasteiger partial charge in [0.2, 0.25) is 0 Å². The molecule has 0 heterocycles. The Morgan fingerprint density at radius 3 is 2.32 bits per heavy atom. The average molecular weight is 351 g/mol. The van der Waals surface area contributed by atoms with Gasteiger partial charge in [0, 0.05) is 5.56 Å². The van der Waals surface area contributed by atoms with Gasteiger partial charge in [-0.15, -0.1) is 0 Å². The quantitative estimate of drug-likeness (QED) is 0.726. The zero-order chi connectivity index (χ0) is 18.4. The predicted molar refractivity (Wildman–Crippen MR) is 86.6 cm³/mol. The Morgan fingerprint density at radius 2 is 1.68 bits per heavy atom. The molecule has 2 aromatic rings. The van der Waals surface area contributed by atoms with E-state index in [4.69, 9.17) is 0 Å². The molecule has 0 fully saturated rings. The van der Waals surface area contributed by atoms with Gasteiger partial charge in [-0.2, -0.15) is 13.2 Å². The van der Waals surface area contributed by atoms with Gasteiger partial charge in [-0.25, -0.2) is 0 Å². The molecule has 0 aliphatic carbocycles. The highest BCUT2D eigenvalue weighted by molar-refractivity contribution is 5.97. The number of halogens is 3. The standard InChI is InChI=1S/C17H16F3N3O2/c1-11(21-16(25)12-6-3-2-4-7-12)15(24)23-22-14-9-5-8-13(10-14)17(18,19)20/h2-11,22H,1H3,(H,21,25)(H,23,24). The molecular formula is C17H16F3N3O2. The minimum Gasteiger partial charge on any atom is -0.340 e. The molecule has 3 N–H and O–H groups in total. The van der Waals surface area contributed by atoms with Gasteiger partial charge in [-0.05, 0) is 37.3 Å². The molecule has 0 spiro atoms. The van der Waals surface area contributed by atoms with Gasteiger partial charge < -0.3 is 5.32 Å². The van der Waals surface area contributed by atoms with E-state index in [-0.39, 0.29) is 5.69 Å². The number of rotatable bonds is 5. The maximum absolute atomic E-state index is 12.6. The third-order valence-electron chi connectivity index (χ3n) is 3.30. The maximum atomic E-state index is 12.6. The predicted octanol–water partition coefficient (Wildman–Crippen LogP) is 2.97. The Balaban J connectivity index is 1.90. The van der Waals surface area contributed by atoms with E-state index < -0.39 is 29.6 Å². The third-order valence-corrected chi connectivity index (χ3v) is 3.30. The third kappa shape index (κ3) is 5.23. The lowest BCUT2D eigenvalue weighted by Crippen LogP contribution is -2.46. The van der Waals surface area contributed by atoms with Crippen LogP contribution in [0.25, 0.3) is 0 Å². The van der Waals surface area contributed by atoms with Gasteiger partial charge in [0.15, 0.2) is 0 Å². The van der Waals surface area contributed by atoms with E-state index in [9.17, 15) is 22.8 Å². The van der Waals surface area contributed by atoms with E-state index in [2.05, 4.69) is 16.2 Å². The van der Waals surface area contributed by atoms with E-state index in [0.717, 1.165) is 12.1 Å². The number of amides is 2. The smallest absolute Gasteiger partial charge is 0.340 e. The largest absolute Gasteiger partial charge is 0.416 e. The second-order valence-electron chi connectivity index (χ2n) is 5.25. The normalized spacial score (nSPS) is 12.2. The molecule has 2 amide bonds. The number of hydrogen-bond donors (Lipinski definition) is 3. The number of hydrazine groups is 1. The first-order valence-corrected chi connectivity index (χ1v) is 7.36. The van der Waals surface area contributed by atoms with Crippen LogP contribution in [0.15, 0.2) is 54.6 Å². The Hall–Kier alpha value is -3.03. The minimum atomic E-state index is -4.47. The first-order chi connectivity index (χ1) is 11.8. The lowest BCUT2D eigenvalue weighted by atomic mass is 10.2. The monoisotopic (exact) mass is 351 g/mol. The molecule has 2 aromatic carbocycles. The molecule has 8 heteroatoms. The molecule has 2 rings (SSSR count). The summed E-state index contributed by atoms with van der Waals surface area (Å²) >= 11 is 0. The fourth-order valence-corrected chi connectivity index (χ4v) is 1.95. The maximum Gasteiger partial charge on any atom is 0.416 e. The van der Waals surface area contributed by atoms with Crippen molar-refractivity contribution in [2.24, 2.45) is 0 Å². The number of carbonyl (C=O) groups is 2. The van der Waals surface area contributed by atoms with Gasteiger partial charge in [0.05, 0.1) is 11.3 Å². The number of nitrogens with one attached hydrogen (secondary N) is 3. The molecular weight excluding hydrogens is 335 g/mol. The highest BCUT2D eigenvalue weighted by atomic mass is 19.4. The second kappa shape index (κ2) is 7.69. The van der Waals surface area contributed by atoms with Crippen molar-refractivity contribution in [3.05, 3.63) is 65.7 Å². The van der Waals surface area contributed by atoms with E-state index in [1.165, 1.54) is 19.1 Å². The minimum absolute atomic E-state index is 0.0739. The fourth-order valence-electron chi connectivity index (χ4n) is 1.95. The van der Waals surface area contributed by atoms with Crippen LogP contribution in [-0.4, -0.2) is 17.9 Å². The molecule has 0 saturated heterocycles. The van der Waals surface area contributed by atoms with E-state index in [0.29, 0.717) is 5.56 Å². The van der Waals surface area contributed by atoms with Crippen LogP contribution in [0.5, 0.6) is 0 Å². The number of alkyl halides is 3. The van der Waals surface area contributed by atoms with Crippen molar-refractivity contribution in [3.8, 4) is 0 Å². The van der Waals surface area contributed by atoms with Gasteiger partial charge in [-0.1, -0.05) is 24.3 Å². The van der Waals surface area contributed by atoms with Crippen molar-refractivity contribution in [3.63, 3.8) is 0 Å². The zero-order valence-electron chi connectivity index (χ0n) is 13.2. The zero-order valence-corrected chi connectivity index (χ0v) is 13.2. The van der Waals surface area contributed by atoms with Crippen LogP contribution in [0.2, 0.25) is 0 Å². The molecule has 0 bridgehead atoms. The van der Waals surface area contributed by atoms with Crippen LogP contribution in [0, 0.1) is 0 Å². The molecule has 0 saturated carbocycles. The molecule has 1 atom stereocenters. The summed E-state index contributed by atoms with van der Waals surface area (Å²) in [6, 6.07) is 11.8. The van der Waals surface area contributed by atoms with Crippen LogP contribution in [0.1, 0.15) is 22.8 Å². The van der Waals surface area contributed by atoms with E-state index in [1.807, 2.05) is 0 Å². The highest BCUT2D eigenvalue weighted by Crippen LogP contribution is 2.30. The van der Waals surface area contributed by atoms with Crippen molar-refractivity contribution in [2.45, 2.75) is 19.1 Å². The molecule has 5 nitrogen and oxygen atoms in total. The van der Waals surface area contributed by atoms with Crippen molar-refractivity contribution in [1.82, 2.24) is 10.7 Å². The summed E-state index contributed by atoms with van der Waals surface area (Å²) in [5, 5.41) is 2.50. The summed E-state index contributed by atoms with van der Waals surface area (Å²) < 4.78 is 37.9. The van der Waals surface area contributed by atoms with Crippen molar-refractivity contribution >= 4 is 17.5 Å². The summed E-state index contributed by atoms with van der Waals surface area (Å²) in [5.74, 6) is -1.02. The summed E-state index contributed by atoms with van der Waals surface area (Å²) in [6.45, 7) is 1.46. The molecule has 25 heavy (non-hydrogen) atoms. The summed E-state index contributed by atoms with van der Waals surface area (Å²) in [4.78, 5) is 23.9. The van der Waals surface area contributed by atoms with Gasteiger partial charge in [-0.3, -0.25) is 20.4 Å². The average Bonchev–Trinajstić information content (AvgIpc) is 2.59. The highest BCUT2D eigenvalue weighted by Gasteiger charge is 2.30. The number of carbonyl (C=O) groups excluding carboxylic acids is 2. The first-order valence-electron chi connectivity index (χ1n) is 7.36. The molecule has 1 unspecified atom stereocenters. The molecule has 132 valence electrons. The summed E-state index contributed by atoms with van der Waals surface area (Å²) in [7, 11) is 0. The Labute approximate surface area is 142 Å². The second-order valence-corrected chi connectivity index (χ2v) is 5.25.